The van der Waals surface area contributed by atoms with Crippen LogP contribution in [0.3, 0.4) is 0 Å². The van der Waals surface area contributed by atoms with Crippen LogP contribution in [0.5, 0.6) is 5.75 Å². The second kappa shape index (κ2) is 9.11. The third kappa shape index (κ3) is 4.15. The monoisotopic (exact) mass is 413 g/mol. The van der Waals surface area contributed by atoms with Gasteiger partial charge in [-0.1, -0.05) is 59.9 Å². The quantitative estimate of drug-likeness (QED) is 0.500. The lowest BCUT2D eigenvalue weighted by molar-refractivity contribution is -0.140. The van der Waals surface area contributed by atoms with Gasteiger partial charge in [-0.05, 0) is 66.2 Å². The van der Waals surface area contributed by atoms with Crippen LogP contribution in [0, 0.1) is 23.7 Å². The second-order valence-electron chi connectivity index (χ2n) is 10.0. The molecule has 3 rings (SSSR count). The minimum absolute atomic E-state index is 0.0324. The van der Waals surface area contributed by atoms with E-state index in [4.69, 9.17) is 4.74 Å². The number of esters is 1. The standard InChI is InChI=1S/C26H39NO3/c1-7-9-20-14-21-11-12-22(30-25(29)24(16(2)3)27-19(6)28)15-23(21)26(18(20)5)13-8-10-17(26)4/h11-12,15-18,20,24H,7-10,13-14H2,1-6H3,(H,27,28)/t17?,18-,20+,24?,26+/m1/s1. The lowest BCUT2D eigenvalue weighted by Gasteiger charge is -2.49. The van der Waals surface area contributed by atoms with Gasteiger partial charge in [0.05, 0.1) is 0 Å². The second-order valence-corrected chi connectivity index (χ2v) is 10.0. The van der Waals surface area contributed by atoms with Gasteiger partial charge in [-0.2, -0.15) is 0 Å². The zero-order valence-corrected chi connectivity index (χ0v) is 19.6. The van der Waals surface area contributed by atoms with Gasteiger partial charge in [0.2, 0.25) is 5.91 Å². The molecular weight excluding hydrogens is 374 g/mol. The van der Waals surface area contributed by atoms with Crippen molar-refractivity contribution in [3.8, 4) is 5.75 Å². The van der Waals surface area contributed by atoms with Gasteiger partial charge in [-0.15, -0.1) is 0 Å². The normalized spacial score (nSPS) is 29.0. The summed E-state index contributed by atoms with van der Waals surface area (Å²) in [4.78, 5) is 24.3. The number of hydrogen-bond donors (Lipinski definition) is 1. The summed E-state index contributed by atoms with van der Waals surface area (Å²) in [6, 6.07) is 5.63. The molecule has 5 atom stereocenters. The molecule has 166 valence electrons. The van der Waals surface area contributed by atoms with E-state index in [1.807, 2.05) is 19.9 Å². The molecule has 1 saturated carbocycles. The average molecular weight is 414 g/mol. The lowest BCUT2D eigenvalue weighted by Crippen LogP contribution is -2.46. The van der Waals surface area contributed by atoms with Crippen LogP contribution in [-0.2, 0) is 21.4 Å². The number of amides is 1. The van der Waals surface area contributed by atoms with E-state index in [1.165, 1.54) is 50.2 Å². The Hall–Kier alpha value is -1.84. The maximum atomic E-state index is 12.8. The van der Waals surface area contributed by atoms with E-state index in [-0.39, 0.29) is 23.2 Å². The van der Waals surface area contributed by atoms with E-state index in [0.717, 1.165) is 12.3 Å². The van der Waals surface area contributed by atoms with Crippen LogP contribution >= 0.6 is 0 Å². The lowest BCUT2D eigenvalue weighted by atomic mass is 9.55. The number of nitrogens with one attached hydrogen (secondary N) is 1. The molecule has 1 fully saturated rings. The Bertz CT molecular complexity index is 786. The summed E-state index contributed by atoms with van der Waals surface area (Å²) in [5.74, 6) is 1.97. The molecule has 0 radical (unpaired) electrons. The largest absolute Gasteiger partial charge is 0.425 e. The van der Waals surface area contributed by atoms with E-state index in [9.17, 15) is 9.59 Å². The van der Waals surface area contributed by atoms with Gasteiger partial charge in [0.25, 0.3) is 0 Å². The zero-order chi connectivity index (χ0) is 22.1. The highest BCUT2D eigenvalue weighted by molar-refractivity contribution is 5.84. The smallest absolute Gasteiger partial charge is 0.334 e. The molecule has 1 amide bonds. The van der Waals surface area contributed by atoms with Crippen LogP contribution in [0.4, 0.5) is 0 Å². The van der Waals surface area contributed by atoms with E-state index in [1.54, 1.807) is 0 Å². The number of carbonyl (C=O) groups excluding carboxylic acids is 2. The SMILES string of the molecule is CCC[C@H]1Cc2ccc(OC(=O)C(NC(C)=O)C(C)C)cc2[C@]2(CCCC2C)[C@@H]1C. The first kappa shape index (κ1) is 22.8. The summed E-state index contributed by atoms with van der Waals surface area (Å²) in [5, 5.41) is 2.73. The Labute approximate surface area is 182 Å². The highest BCUT2D eigenvalue weighted by atomic mass is 16.5. The van der Waals surface area contributed by atoms with Gasteiger partial charge >= 0.3 is 5.97 Å². The molecule has 0 bridgehead atoms. The Morgan fingerprint density at radius 2 is 2.00 bits per heavy atom. The van der Waals surface area contributed by atoms with Crippen LogP contribution < -0.4 is 10.1 Å². The number of hydrogen-bond acceptors (Lipinski definition) is 3. The Morgan fingerprint density at radius 3 is 2.57 bits per heavy atom. The van der Waals surface area contributed by atoms with E-state index in [0.29, 0.717) is 17.6 Å². The summed E-state index contributed by atoms with van der Waals surface area (Å²) >= 11 is 0. The molecule has 0 heterocycles. The molecule has 1 aromatic rings. The summed E-state index contributed by atoms with van der Waals surface area (Å²) in [6.45, 7) is 12.4. The minimum atomic E-state index is -0.634. The Kier molecular flexibility index (Phi) is 6.94. The minimum Gasteiger partial charge on any atom is -0.425 e. The van der Waals surface area contributed by atoms with Crippen molar-refractivity contribution in [1.82, 2.24) is 5.32 Å². The summed E-state index contributed by atoms with van der Waals surface area (Å²) in [7, 11) is 0. The molecule has 0 aromatic heterocycles. The maximum Gasteiger partial charge on any atom is 0.334 e. The number of carbonyl (C=O) groups is 2. The van der Waals surface area contributed by atoms with Crippen LogP contribution in [0.25, 0.3) is 0 Å². The molecule has 4 nitrogen and oxygen atoms in total. The van der Waals surface area contributed by atoms with Crippen LogP contribution in [0.1, 0.15) is 84.8 Å². The molecule has 1 N–H and O–H groups in total. The molecular formula is C26H39NO3. The number of ether oxygens (including phenoxy) is 1. The Balaban J connectivity index is 1.94. The molecule has 1 aromatic carbocycles. The van der Waals surface area contributed by atoms with Gasteiger partial charge in [-0.25, -0.2) is 4.79 Å². The topological polar surface area (TPSA) is 55.4 Å². The first-order chi connectivity index (χ1) is 14.2. The first-order valence-electron chi connectivity index (χ1n) is 11.8. The predicted octanol–water partition coefficient (Wildman–Crippen LogP) is 5.42. The molecule has 2 aliphatic carbocycles. The third-order valence-electron chi connectivity index (χ3n) is 7.85. The molecule has 2 unspecified atom stereocenters. The number of rotatable bonds is 6. The van der Waals surface area contributed by atoms with Gasteiger partial charge < -0.3 is 10.1 Å². The third-order valence-corrected chi connectivity index (χ3v) is 7.85. The van der Waals surface area contributed by atoms with Crippen molar-refractivity contribution in [2.75, 3.05) is 0 Å². The van der Waals surface area contributed by atoms with Gasteiger partial charge in [0.1, 0.15) is 11.8 Å². The molecule has 2 aliphatic rings. The fraction of sp³-hybridized carbons (Fsp3) is 0.692. The van der Waals surface area contributed by atoms with E-state index < -0.39 is 6.04 Å². The highest BCUT2D eigenvalue weighted by Gasteiger charge is 2.51. The zero-order valence-electron chi connectivity index (χ0n) is 19.6. The van der Waals surface area contributed by atoms with E-state index in [2.05, 4.69) is 38.2 Å². The highest BCUT2D eigenvalue weighted by Crippen LogP contribution is 2.57. The van der Waals surface area contributed by atoms with Gasteiger partial charge in [-0.3, -0.25) is 4.79 Å². The predicted molar refractivity (Wildman–Crippen MR) is 120 cm³/mol. The fourth-order valence-electron chi connectivity index (χ4n) is 6.26. The molecule has 0 saturated heterocycles. The van der Waals surface area contributed by atoms with Gasteiger partial charge in [0.15, 0.2) is 0 Å². The van der Waals surface area contributed by atoms with Crippen LogP contribution in [0.15, 0.2) is 18.2 Å². The summed E-state index contributed by atoms with van der Waals surface area (Å²) in [5.41, 5.74) is 3.02. The van der Waals surface area contributed by atoms with Crippen molar-refractivity contribution in [2.24, 2.45) is 23.7 Å². The summed E-state index contributed by atoms with van der Waals surface area (Å²) in [6.07, 6.45) is 7.38. The van der Waals surface area contributed by atoms with Gasteiger partial charge in [0, 0.05) is 12.3 Å². The van der Waals surface area contributed by atoms with Crippen molar-refractivity contribution in [3.63, 3.8) is 0 Å². The molecule has 0 aliphatic heterocycles. The fourth-order valence-corrected chi connectivity index (χ4v) is 6.26. The average Bonchev–Trinajstić information content (AvgIpc) is 3.06. The van der Waals surface area contributed by atoms with Crippen LogP contribution in [-0.4, -0.2) is 17.9 Å². The van der Waals surface area contributed by atoms with Crippen molar-refractivity contribution < 1.29 is 14.3 Å². The maximum absolute atomic E-state index is 12.8. The summed E-state index contributed by atoms with van der Waals surface area (Å²) < 4.78 is 5.80. The molecule has 4 heteroatoms. The van der Waals surface area contributed by atoms with Crippen LogP contribution in [0.2, 0.25) is 0 Å². The number of fused-ring (bicyclic) bond motifs is 2. The van der Waals surface area contributed by atoms with E-state index >= 15 is 0 Å². The molecule has 30 heavy (non-hydrogen) atoms. The van der Waals surface area contributed by atoms with Crippen molar-refractivity contribution in [2.45, 2.75) is 91.5 Å². The Morgan fingerprint density at radius 1 is 1.27 bits per heavy atom. The molecule has 1 spiro atoms. The van der Waals surface area contributed by atoms with Crippen molar-refractivity contribution in [1.29, 1.82) is 0 Å². The number of benzene rings is 1. The van der Waals surface area contributed by atoms with Crippen molar-refractivity contribution >= 4 is 11.9 Å². The van der Waals surface area contributed by atoms with Crippen molar-refractivity contribution in [3.05, 3.63) is 29.3 Å². The first-order valence-corrected chi connectivity index (χ1v) is 11.8.